The number of nitrogens with one attached hydrogen (secondary N) is 1. The molecular formula is C20H22N4OS. The first-order chi connectivity index (χ1) is 12.7. The van der Waals surface area contributed by atoms with Crippen LogP contribution in [0.3, 0.4) is 0 Å². The van der Waals surface area contributed by atoms with Gasteiger partial charge in [-0.05, 0) is 30.4 Å². The van der Waals surface area contributed by atoms with Crippen molar-refractivity contribution in [1.29, 1.82) is 0 Å². The molecule has 0 spiro atoms. The van der Waals surface area contributed by atoms with Crippen LogP contribution < -0.4 is 5.32 Å². The van der Waals surface area contributed by atoms with Gasteiger partial charge in [0, 0.05) is 18.0 Å². The zero-order valence-electron chi connectivity index (χ0n) is 14.8. The minimum absolute atomic E-state index is 0.141. The van der Waals surface area contributed by atoms with Crippen LogP contribution in [0.2, 0.25) is 0 Å². The molecule has 1 aromatic carbocycles. The largest absolute Gasteiger partial charge is 0.360 e. The molecule has 1 saturated heterocycles. The number of nitrogens with zero attached hydrogens (tertiary/aromatic N) is 3. The van der Waals surface area contributed by atoms with Gasteiger partial charge < -0.3 is 10.2 Å². The second-order valence-electron chi connectivity index (χ2n) is 6.83. The van der Waals surface area contributed by atoms with Gasteiger partial charge in [-0.2, -0.15) is 0 Å². The highest BCUT2D eigenvalue weighted by Crippen LogP contribution is 2.34. The van der Waals surface area contributed by atoms with E-state index >= 15 is 0 Å². The Morgan fingerprint density at radius 1 is 1.23 bits per heavy atom. The molecule has 4 rings (SSSR count). The number of benzene rings is 1. The van der Waals surface area contributed by atoms with Gasteiger partial charge in [0.15, 0.2) is 0 Å². The summed E-state index contributed by atoms with van der Waals surface area (Å²) >= 11 is 1.64. The van der Waals surface area contributed by atoms with E-state index in [1.807, 2.05) is 23.1 Å². The summed E-state index contributed by atoms with van der Waals surface area (Å²) in [6.07, 6.45) is 3.74. The molecule has 1 aliphatic rings. The van der Waals surface area contributed by atoms with Crippen LogP contribution in [0.5, 0.6) is 0 Å². The predicted molar refractivity (Wildman–Crippen MR) is 106 cm³/mol. The molecule has 1 aliphatic heterocycles. The normalized spacial score (nSPS) is 15.3. The summed E-state index contributed by atoms with van der Waals surface area (Å²) in [5, 5.41) is 4.19. The molecule has 134 valence electrons. The molecule has 0 atom stereocenters. The monoisotopic (exact) mass is 366 g/mol. The maximum Gasteiger partial charge on any atom is 0.241 e. The number of hydrogen-bond acceptors (Lipinski definition) is 5. The average molecular weight is 366 g/mol. The Kier molecular flexibility index (Phi) is 4.84. The van der Waals surface area contributed by atoms with E-state index in [0.717, 1.165) is 52.8 Å². The third-order valence-corrected chi connectivity index (χ3v) is 6.02. The summed E-state index contributed by atoms with van der Waals surface area (Å²) in [5.41, 5.74) is 1.17. The quantitative estimate of drug-likeness (QED) is 0.757. The number of carbonyl (C=O) groups is 1. The van der Waals surface area contributed by atoms with E-state index in [-0.39, 0.29) is 12.5 Å². The Morgan fingerprint density at radius 3 is 2.77 bits per heavy atom. The molecule has 6 heteroatoms. The summed E-state index contributed by atoms with van der Waals surface area (Å²) in [5.74, 6) is 1.59. The van der Waals surface area contributed by atoms with E-state index in [0.29, 0.717) is 0 Å². The van der Waals surface area contributed by atoms with Crippen molar-refractivity contribution in [3.63, 3.8) is 0 Å². The fourth-order valence-electron chi connectivity index (χ4n) is 3.27. The number of piperidine rings is 1. The van der Waals surface area contributed by atoms with Gasteiger partial charge in [-0.25, -0.2) is 9.97 Å². The maximum absolute atomic E-state index is 12.5. The van der Waals surface area contributed by atoms with E-state index in [4.69, 9.17) is 0 Å². The lowest BCUT2D eigenvalue weighted by Crippen LogP contribution is -2.41. The minimum atomic E-state index is 0.141. The standard InChI is InChI=1S/C20H22N4OS/c1-14-7-9-24(10-8-14)18(25)12-21-19-16-11-17(15-5-3-2-4-6-15)26-20(16)23-13-22-19/h2-6,11,13-14H,7-10,12H2,1H3,(H,21,22,23). The zero-order valence-corrected chi connectivity index (χ0v) is 15.6. The Labute approximate surface area is 157 Å². The van der Waals surface area contributed by atoms with Gasteiger partial charge >= 0.3 is 0 Å². The van der Waals surface area contributed by atoms with Crippen LogP contribution in [0.15, 0.2) is 42.7 Å². The Bertz CT molecular complexity index is 901. The Hall–Kier alpha value is -2.47. The lowest BCUT2D eigenvalue weighted by Gasteiger charge is -2.30. The van der Waals surface area contributed by atoms with Crippen molar-refractivity contribution in [2.75, 3.05) is 25.0 Å². The molecule has 1 N–H and O–H groups in total. The highest BCUT2D eigenvalue weighted by atomic mass is 32.1. The summed E-state index contributed by atoms with van der Waals surface area (Å²) in [6.45, 7) is 4.24. The van der Waals surface area contributed by atoms with Gasteiger partial charge in [0.1, 0.15) is 17.0 Å². The van der Waals surface area contributed by atoms with Crippen LogP contribution in [0.4, 0.5) is 5.82 Å². The second-order valence-corrected chi connectivity index (χ2v) is 7.87. The Morgan fingerprint density at radius 2 is 2.00 bits per heavy atom. The number of rotatable bonds is 4. The number of hydrogen-bond donors (Lipinski definition) is 1. The van der Waals surface area contributed by atoms with Gasteiger partial charge in [0.2, 0.25) is 5.91 Å². The molecule has 0 radical (unpaired) electrons. The summed E-state index contributed by atoms with van der Waals surface area (Å²) in [4.78, 5) is 25.2. The van der Waals surface area contributed by atoms with Crippen molar-refractivity contribution >= 4 is 33.3 Å². The SMILES string of the molecule is CC1CCN(C(=O)CNc2ncnc3sc(-c4ccccc4)cc23)CC1. The average Bonchev–Trinajstić information content (AvgIpc) is 3.12. The van der Waals surface area contributed by atoms with Crippen molar-refractivity contribution < 1.29 is 4.79 Å². The van der Waals surface area contributed by atoms with Crippen molar-refractivity contribution in [2.45, 2.75) is 19.8 Å². The molecule has 3 heterocycles. The number of thiophene rings is 1. The van der Waals surface area contributed by atoms with Crippen molar-refractivity contribution in [1.82, 2.24) is 14.9 Å². The maximum atomic E-state index is 12.5. The van der Waals surface area contributed by atoms with Gasteiger partial charge in [0.25, 0.3) is 0 Å². The van der Waals surface area contributed by atoms with E-state index < -0.39 is 0 Å². The Balaban J connectivity index is 1.50. The minimum Gasteiger partial charge on any atom is -0.360 e. The third kappa shape index (κ3) is 3.55. The van der Waals surface area contributed by atoms with E-state index in [2.05, 4.69) is 40.4 Å². The summed E-state index contributed by atoms with van der Waals surface area (Å²) in [7, 11) is 0. The molecular weight excluding hydrogens is 344 g/mol. The van der Waals surface area contributed by atoms with Gasteiger partial charge in [-0.15, -0.1) is 11.3 Å². The lowest BCUT2D eigenvalue weighted by molar-refractivity contribution is -0.130. The molecule has 0 aliphatic carbocycles. The van der Waals surface area contributed by atoms with E-state index in [1.165, 1.54) is 5.56 Å². The number of likely N-dealkylation sites (tertiary alicyclic amines) is 1. The third-order valence-electron chi connectivity index (χ3n) is 4.93. The van der Waals surface area contributed by atoms with Crippen LogP contribution in [-0.4, -0.2) is 40.4 Å². The molecule has 2 aromatic heterocycles. The molecule has 0 saturated carbocycles. The molecule has 3 aromatic rings. The smallest absolute Gasteiger partial charge is 0.241 e. The molecule has 1 amide bonds. The molecule has 26 heavy (non-hydrogen) atoms. The summed E-state index contributed by atoms with van der Waals surface area (Å²) in [6, 6.07) is 12.4. The molecule has 0 bridgehead atoms. The predicted octanol–water partition coefficient (Wildman–Crippen LogP) is 4.03. The number of amides is 1. The van der Waals surface area contributed by atoms with E-state index in [1.54, 1.807) is 17.7 Å². The van der Waals surface area contributed by atoms with Gasteiger partial charge in [-0.3, -0.25) is 4.79 Å². The van der Waals surface area contributed by atoms with Crippen molar-refractivity contribution in [2.24, 2.45) is 5.92 Å². The fraction of sp³-hybridized carbons (Fsp3) is 0.350. The summed E-state index contributed by atoms with van der Waals surface area (Å²) < 4.78 is 0. The fourth-order valence-corrected chi connectivity index (χ4v) is 4.27. The van der Waals surface area contributed by atoms with Crippen molar-refractivity contribution in [3.8, 4) is 10.4 Å². The van der Waals surface area contributed by atoms with Crippen LogP contribution in [-0.2, 0) is 4.79 Å². The van der Waals surface area contributed by atoms with E-state index in [9.17, 15) is 4.79 Å². The van der Waals surface area contributed by atoms with Gasteiger partial charge in [0.05, 0.1) is 11.9 Å². The number of carbonyl (C=O) groups excluding carboxylic acids is 1. The lowest BCUT2D eigenvalue weighted by atomic mass is 9.99. The number of aromatic nitrogens is 2. The molecule has 1 fully saturated rings. The molecule has 0 unspecified atom stereocenters. The highest BCUT2D eigenvalue weighted by Gasteiger charge is 2.20. The van der Waals surface area contributed by atoms with Crippen LogP contribution in [0.1, 0.15) is 19.8 Å². The molecule has 5 nitrogen and oxygen atoms in total. The van der Waals surface area contributed by atoms with Crippen LogP contribution in [0.25, 0.3) is 20.7 Å². The zero-order chi connectivity index (χ0) is 17.9. The number of anilines is 1. The first-order valence-electron chi connectivity index (χ1n) is 9.02. The highest BCUT2D eigenvalue weighted by molar-refractivity contribution is 7.21. The first-order valence-corrected chi connectivity index (χ1v) is 9.84. The van der Waals surface area contributed by atoms with Crippen molar-refractivity contribution in [3.05, 3.63) is 42.7 Å². The van der Waals surface area contributed by atoms with Crippen LogP contribution in [0, 0.1) is 5.92 Å². The number of fused-ring (bicyclic) bond motifs is 1. The second kappa shape index (κ2) is 7.41. The van der Waals surface area contributed by atoms with Crippen LogP contribution >= 0.6 is 11.3 Å². The first kappa shape index (κ1) is 17.0. The van der Waals surface area contributed by atoms with Gasteiger partial charge in [-0.1, -0.05) is 37.3 Å². The topological polar surface area (TPSA) is 58.1 Å².